The molecule has 0 aromatic carbocycles. The summed E-state index contributed by atoms with van der Waals surface area (Å²) in [6.45, 7) is 14.3. The Kier molecular flexibility index (Phi) is 7.60. The number of nitrogens with zero attached hydrogens (tertiary/aromatic N) is 1. The molecule has 1 unspecified atom stereocenters. The maximum absolute atomic E-state index is 10.8. The van der Waals surface area contributed by atoms with Gasteiger partial charge in [-0.15, -0.1) is 0 Å². The zero-order chi connectivity index (χ0) is 23.8. The van der Waals surface area contributed by atoms with E-state index in [4.69, 9.17) is 0 Å². The van der Waals surface area contributed by atoms with Crippen LogP contribution in [0.2, 0.25) is 0 Å². The first-order chi connectivity index (χ1) is 15.6. The summed E-state index contributed by atoms with van der Waals surface area (Å²) >= 11 is 0. The summed E-state index contributed by atoms with van der Waals surface area (Å²) < 4.78 is 0. The quantitative estimate of drug-likeness (QED) is 0.544. The molecule has 4 fully saturated rings. The van der Waals surface area contributed by atoms with Gasteiger partial charge in [0, 0.05) is 19.5 Å². The molecule has 1 aliphatic heterocycles. The van der Waals surface area contributed by atoms with Crippen molar-refractivity contribution in [1.82, 2.24) is 4.90 Å². The predicted molar refractivity (Wildman–Crippen MR) is 135 cm³/mol. The van der Waals surface area contributed by atoms with Gasteiger partial charge in [0.15, 0.2) is 0 Å². The second-order valence-corrected chi connectivity index (χ2v) is 12.1. The highest BCUT2D eigenvalue weighted by Crippen LogP contribution is 2.59. The van der Waals surface area contributed by atoms with Gasteiger partial charge in [-0.1, -0.05) is 45.1 Å². The SMILES string of the molecule is C=C1C(=CC=C2CCC[C@]3(C)[C@@H]([C@H](C)CN4CCCC(O)(CC)C4)CC[C@@H]23)C[C@@H](O)C[C@@H]1O. The summed E-state index contributed by atoms with van der Waals surface area (Å²) in [6.07, 6.45) is 13.6. The first-order valence-electron chi connectivity index (χ1n) is 13.5. The molecule has 4 heteroatoms. The zero-order valence-corrected chi connectivity index (χ0v) is 21.2. The first kappa shape index (κ1) is 25.2. The Labute approximate surface area is 201 Å². The number of hydrogen-bond acceptors (Lipinski definition) is 4. The second kappa shape index (κ2) is 9.97. The molecule has 4 aliphatic rings. The highest BCUT2D eigenvalue weighted by Gasteiger charge is 2.51. The van der Waals surface area contributed by atoms with Crippen LogP contribution in [-0.2, 0) is 0 Å². The number of rotatable bonds is 5. The van der Waals surface area contributed by atoms with E-state index in [0.717, 1.165) is 56.0 Å². The molecule has 3 aliphatic carbocycles. The van der Waals surface area contributed by atoms with E-state index in [2.05, 4.69) is 44.4 Å². The summed E-state index contributed by atoms with van der Waals surface area (Å²) in [4.78, 5) is 2.53. The molecular formula is C29H47NO3. The second-order valence-electron chi connectivity index (χ2n) is 12.1. The van der Waals surface area contributed by atoms with Crippen molar-refractivity contribution in [3.05, 3.63) is 35.5 Å². The summed E-state index contributed by atoms with van der Waals surface area (Å²) in [5.74, 6) is 2.00. The fourth-order valence-electron chi connectivity index (χ4n) is 7.86. The number of allylic oxidation sites excluding steroid dienone is 3. The summed E-state index contributed by atoms with van der Waals surface area (Å²) in [5.41, 5.74) is 3.21. The van der Waals surface area contributed by atoms with Crippen LogP contribution in [0.4, 0.5) is 0 Å². The van der Waals surface area contributed by atoms with Crippen molar-refractivity contribution in [3.8, 4) is 0 Å². The number of β-amino-alcohol motifs (C(OH)–C–C–N with tert-alkyl or cyclic N) is 1. The molecule has 4 rings (SSSR count). The van der Waals surface area contributed by atoms with Gasteiger partial charge in [-0.05, 0) is 98.6 Å². The molecule has 0 bridgehead atoms. The number of aliphatic hydroxyl groups is 3. The van der Waals surface area contributed by atoms with Crippen molar-refractivity contribution in [2.45, 2.75) is 103 Å². The maximum Gasteiger partial charge on any atom is 0.0811 e. The lowest BCUT2D eigenvalue weighted by molar-refractivity contribution is -0.0420. The van der Waals surface area contributed by atoms with Gasteiger partial charge in [-0.25, -0.2) is 0 Å². The third-order valence-electron chi connectivity index (χ3n) is 9.83. The highest BCUT2D eigenvalue weighted by atomic mass is 16.3. The van der Waals surface area contributed by atoms with Crippen LogP contribution < -0.4 is 0 Å². The first-order valence-corrected chi connectivity index (χ1v) is 13.5. The molecule has 7 atom stereocenters. The number of fused-ring (bicyclic) bond motifs is 1. The van der Waals surface area contributed by atoms with E-state index in [1.54, 1.807) is 5.57 Å². The lowest BCUT2D eigenvalue weighted by Gasteiger charge is -2.46. The predicted octanol–water partition coefficient (Wildman–Crippen LogP) is 5.00. The normalized spacial score (nSPS) is 43.8. The van der Waals surface area contributed by atoms with Crippen LogP contribution in [0.25, 0.3) is 0 Å². The molecule has 0 aromatic rings. The van der Waals surface area contributed by atoms with Crippen LogP contribution in [-0.4, -0.2) is 57.7 Å². The molecule has 1 saturated heterocycles. The Balaban J connectivity index is 1.45. The monoisotopic (exact) mass is 457 g/mol. The largest absolute Gasteiger partial charge is 0.393 e. The molecule has 33 heavy (non-hydrogen) atoms. The van der Waals surface area contributed by atoms with E-state index in [0.29, 0.717) is 30.1 Å². The Morgan fingerprint density at radius 2 is 1.97 bits per heavy atom. The Morgan fingerprint density at radius 1 is 1.18 bits per heavy atom. The maximum atomic E-state index is 10.8. The van der Waals surface area contributed by atoms with Crippen molar-refractivity contribution in [1.29, 1.82) is 0 Å². The zero-order valence-electron chi connectivity index (χ0n) is 21.2. The fraction of sp³-hybridized carbons (Fsp3) is 0.793. The standard InChI is InChI=1S/C29H47NO3/c1-5-29(33)14-7-15-30(19-29)18-20(2)25-11-12-26-22(8-6-13-28(25,26)4)9-10-23-16-24(31)17-27(32)21(23)3/h9-10,20,24-27,31-33H,3,5-8,11-19H2,1-2,4H3/t20-,24-,25-,26+,27+,28-,29?/m1/s1. The molecule has 4 nitrogen and oxygen atoms in total. The van der Waals surface area contributed by atoms with E-state index in [1.807, 2.05) is 0 Å². The van der Waals surface area contributed by atoms with Crippen molar-refractivity contribution >= 4 is 0 Å². The molecule has 3 N–H and O–H groups in total. The van der Waals surface area contributed by atoms with Crippen LogP contribution >= 0.6 is 0 Å². The minimum Gasteiger partial charge on any atom is -0.393 e. The van der Waals surface area contributed by atoms with Crippen LogP contribution in [0.3, 0.4) is 0 Å². The minimum absolute atomic E-state index is 0.349. The van der Waals surface area contributed by atoms with E-state index < -0.39 is 17.8 Å². The van der Waals surface area contributed by atoms with Crippen LogP contribution in [0.15, 0.2) is 35.5 Å². The molecule has 0 aromatic heterocycles. The lowest BCUT2D eigenvalue weighted by Crippen LogP contribution is -2.50. The fourth-order valence-corrected chi connectivity index (χ4v) is 7.86. The van der Waals surface area contributed by atoms with E-state index in [9.17, 15) is 15.3 Å². The molecule has 1 heterocycles. The third kappa shape index (κ3) is 5.19. The molecule has 186 valence electrons. The summed E-state index contributed by atoms with van der Waals surface area (Å²) in [7, 11) is 0. The minimum atomic E-state index is -0.619. The smallest absolute Gasteiger partial charge is 0.0811 e. The average molecular weight is 458 g/mol. The van der Waals surface area contributed by atoms with Gasteiger partial charge in [-0.3, -0.25) is 0 Å². The van der Waals surface area contributed by atoms with Gasteiger partial charge in [0.1, 0.15) is 0 Å². The number of aliphatic hydroxyl groups excluding tert-OH is 2. The van der Waals surface area contributed by atoms with Gasteiger partial charge in [0.05, 0.1) is 17.8 Å². The van der Waals surface area contributed by atoms with Crippen molar-refractivity contribution < 1.29 is 15.3 Å². The topological polar surface area (TPSA) is 63.9 Å². The molecule has 0 amide bonds. The number of likely N-dealkylation sites (tertiary alicyclic amines) is 1. The summed E-state index contributed by atoms with van der Waals surface area (Å²) in [6, 6.07) is 0. The van der Waals surface area contributed by atoms with Gasteiger partial charge in [0.25, 0.3) is 0 Å². The highest BCUT2D eigenvalue weighted by molar-refractivity contribution is 5.38. The summed E-state index contributed by atoms with van der Waals surface area (Å²) in [5, 5.41) is 31.1. The van der Waals surface area contributed by atoms with Crippen LogP contribution in [0.1, 0.15) is 85.0 Å². The van der Waals surface area contributed by atoms with Gasteiger partial charge >= 0.3 is 0 Å². The van der Waals surface area contributed by atoms with Crippen molar-refractivity contribution in [2.75, 3.05) is 19.6 Å². The Morgan fingerprint density at radius 3 is 2.73 bits per heavy atom. The van der Waals surface area contributed by atoms with E-state index in [1.165, 1.54) is 32.1 Å². The molecular weight excluding hydrogens is 410 g/mol. The van der Waals surface area contributed by atoms with Gasteiger partial charge in [-0.2, -0.15) is 0 Å². The molecule has 0 spiro atoms. The average Bonchev–Trinajstić information content (AvgIpc) is 3.13. The Bertz CT molecular complexity index is 788. The Hall–Kier alpha value is -0.940. The van der Waals surface area contributed by atoms with Crippen molar-refractivity contribution in [2.24, 2.45) is 23.2 Å². The van der Waals surface area contributed by atoms with E-state index >= 15 is 0 Å². The van der Waals surface area contributed by atoms with Gasteiger partial charge in [0.2, 0.25) is 0 Å². The lowest BCUT2D eigenvalue weighted by atomic mass is 9.61. The van der Waals surface area contributed by atoms with Gasteiger partial charge < -0.3 is 20.2 Å². The third-order valence-corrected chi connectivity index (χ3v) is 9.83. The van der Waals surface area contributed by atoms with Crippen molar-refractivity contribution in [3.63, 3.8) is 0 Å². The van der Waals surface area contributed by atoms with Crippen LogP contribution in [0.5, 0.6) is 0 Å². The molecule has 0 radical (unpaired) electrons. The number of hydrogen-bond donors (Lipinski definition) is 3. The van der Waals surface area contributed by atoms with E-state index in [-0.39, 0.29) is 0 Å². The van der Waals surface area contributed by atoms with Crippen LogP contribution in [0, 0.1) is 23.2 Å². The number of piperidine rings is 1. The molecule has 3 saturated carbocycles.